The van der Waals surface area contributed by atoms with E-state index in [1.165, 1.54) is 10.8 Å². The summed E-state index contributed by atoms with van der Waals surface area (Å²) in [6.07, 6.45) is 2.87. The zero-order valence-corrected chi connectivity index (χ0v) is 18.1. The van der Waals surface area contributed by atoms with Crippen LogP contribution in [0, 0.1) is 0 Å². The molecule has 0 unspecified atom stereocenters. The number of fused-ring (bicyclic) bond motifs is 1. The van der Waals surface area contributed by atoms with Crippen molar-refractivity contribution >= 4 is 40.3 Å². The highest BCUT2D eigenvalue weighted by Crippen LogP contribution is 2.14. The van der Waals surface area contributed by atoms with Crippen LogP contribution in [0.2, 0.25) is 5.02 Å². The lowest BCUT2D eigenvalue weighted by atomic mass is 10.1. The van der Waals surface area contributed by atoms with Gasteiger partial charge in [-0.3, -0.25) is 25.2 Å². The van der Waals surface area contributed by atoms with E-state index < -0.39 is 11.8 Å². The first-order valence-corrected chi connectivity index (χ1v) is 10.5. The van der Waals surface area contributed by atoms with E-state index in [2.05, 4.69) is 16.0 Å². The van der Waals surface area contributed by atoms with Crippen molar-refractivity contribution in [2.45, 2.75) is 6.54 Å². The summed E-state index contributed by atoms with van der Waals surface area (Å²) in [6, 6.07) is 23.0. The molecule has 1 heterocycles. The number of hydrogen-bond donors (Lipinski definition) is 2. The third-order valence-corrected chi connectivity index (χ3v) is 5.11. The second-order valence-corrected chi connectivity index (χ2v) is 7.61. The molecule has 0 aliphatic heterocycles. The van der Waals surface area contributed by atoms with E-state index in [1.807, 2.05) is 30.3 Å². The van der Waals surface area contributed by atoms with Crippen molar-refractivity contribution < 1.29 is 9.59 Å². The molecule has 0 aliphatic rings. The molecule has 2 amide bonds. The molecule has 2 N–H and O–H groups in total. The first kappa shape index (κ1) is 22.0. The van der Waals surface area contributed by atoms with Gasteiger partial charge in [-0.25, -0.2) is 4.68 Å². The maximum Gasteiger partial charge on any atom is 0.290 e. The Bertz CT molecular complexity index is 1400. The van der Waals surface area contributed by atoms with Gasteiger partial charge in [-0.05, 0) is 35.4 Å². The van der Waals surface area contributed by atoms with Crippen LogP contribution in [0.15, 0.2) is 89.7 Å². The van der Waals surface area contributed by atoms with E-state index >= 15 is 0 Å². The molecule has 0 aliphatic carbocycles. The minimum absolute atomic E-state index is 0.0307. The zero-order chi connectivity index (χ0) is 23.2. The lowest BCUT2D eigenvalue weighted by Gasteiger charge is -2.11. The number of carbonyl (C=O) groups is 2. The number of hydrazine groups is 1. The lowest BCUT2D eigenvalue weighted by Crippen LogP contribution is -2.42. The number of aromatic nitrogens is 2. The molecule has 33 heavy (non-hydrogen) atoms. The minimum atomic E-state index is -0.638. The van der Waals surface area contributed by atoms with Crippen LogP contribution < -0.4 is 16.4 Å². The van der Waals surface area contributed by atoms with Crippen molar-refractivity contribution in [1.29, 1.82) is 0 Å². The average Bonchev–Trinajstić information content (AvgIpc) is 2.84. The van der Waals surface area contributed by atoms with Crippen molar-refractivity contribution in [2.75, 3.05) is 0 Å². The summed E-state index contributed by atoms with van der Waals surface area (Å²) in [6.45, 7) is 0.209. The van der Waals surface area contributed by atoms with Crippen molar-refractivity contribution in [3.8, 4) is 0 Å². The molecule has 164 valence electrons. The summed E-state index contributed by atoms with van der Waals surface area (Å²) in [7, 11) is 0. The normalized spacial score (nSPS) is 10.9. The van der Waals surface area contributed by atoms with Gasteiger partial charge in [-0.1, -0.05) is 72.3 Å². The summed E-state index contributed by atoms with van der Waals surface area (Å²) >= 11 is 5.85. The monoisotopic (exact) mass is 458 g/mol. The molecule has 0 atom stereocenters. The zero-order valence-electron chi connectivity index (χ0n) is 17.4. The van der Waals surface area contributed by atoms with Crippen molar-refractivity contribution in [3.63, 3.8) is 0 Å². The van der Waals surface area contributed by atoms with Crippen LogP contribution in [-0.4, -0.2) is 21.6 Å². The Kier molecular flexibility index (Phi) is 6.61. The molecule has 0 spiro atoms. The number of rotatable bonds is 5. The van der Waals surface area contributed by atoms with Crippen LogP contribution in [0.4, 0.5) is 0 Å². The molecule has 4 aromatic rings. The van der Waals surface area contributed by atoms with E-state index in [-0.39, 0.29) is 17.8 Å². The highest BCUT2D eigenvalue weighted by molar-refractivity contribution is 6.30. The maximum absolute atomic E-state index is 12.9. The second kappa shape index (κ2) is 9.93. The number of amides is 2. The van der Waals surface area contributed by atoms with Crippen LogP contribution in [-0.2, 0) is 11.3 Å². The predicted molar refractivity (Wildman–Crippen MR) is 128 cm³/mol. The third kappa shape index (κ3) is 5.34. The number of benzene rings is 3. The molecule has 1 aromatic heterocycles. The van der Waals surface area contributed by atoms with Gasteiger partial charge in [0.05, 0.1) is 11.9 Å². The van der Waals surface area contributed by atoms with Gasteiger partial charge < -0.3 is 0 Å². The molecule has 0 saturated carbocycles. The fraction of sp³-hybridized carbons (Fsp3) is 0.0400. The van der Waals surface area contributed by atoms with Gasteiger partial charge in [-0.15, -0.1) is 0 Å². The molecule has 0 bridgehead atoms. The molecule has 3 aromatic carbocycles. The second-order valence-electron chi connectivity index (χ2n) is 7.17. The molecule has 0 fully saturated rings. The van der Waals surface area contributed by atoms with E-state index in [1.54, 1.807) is 54.6 Å². The lowest BCUT2D eigenvalue weighted by molar-refractivity contribution is -0.117. The van der Waals surface area contributed by atoms with Gasteiger partial charge in [0.1, 0.15) is 0 Å². The maximum atomic E-state index is 12.9. The van der Waals surface area contributed by atoms with Crippen LogP contribution in [0.25, 0.3) is 16.8 Å². The molecule has 0 radical (unpaired) electrons. The van der Waals surface area contributed by atoms with E-state index in [0.29, 0.717) is 15.8 Å². The topological polar surface area (TPSA) is 93.1 Å². The van der Waals surface area contributed by atoms with Crippen molar-refractivity contribution in [3.05, 3.63) is 117 Å². The molecular formula is C25H19ClN4O3. The molecule has 8 heteroatoms. The Morgan fingerprint density at radius 1 is 0.879 bits per heavy atom. The quantitative estimate of drug-likeness (QED) is 0.353. The Balaban J connectivity index is 1.54. The van der Waals surface area contributed by atoms with Crippen LogP contribution in [0.5, 0.6) is 0 Å². The Labute approximate surface area is 194 Å². The van der Waals surface area contributed by atoms with E-state index in [9.17, 15) is 14.4 Å². The average molecular weight is 459 g/mol. The summed E-state index contributed by atoms with van der Waals surface area (Å²) < 4.78 is 1.24. The summed E-state index contributed by atoms with van der Waals surface area (Å²) in [5, 5.41) is 5.64. The van der Waals surface area contributed by atoms with Gasteiger partial charge in [0.2, 0.25) is 0 Å². The largest absolute Gasteiger partial charge is 0.290 e. The number of nitrogens with one attached hydrogen (secondary N) is 2. The van der Waals surface area contributed by atoms with Gasteiger partial charge in [-0.2, -0.15) is 5.10 Å². The predicted octanol–water partition coefficient (Wildman–Crippen LogP) is 3.57. The van der Waals surface area contributed by atoms with Gasteiger partial charge in [0.25, 0.3) is 17.4 Å². The molecule has 4 rings (SSSR count). The van der Waals surface area contributed by atoms with Crippen molar-refractivity contribution in [1.82, 2.24) is 20.6 Å². The molecule has 7 nitrogen and oxygen atoms in total. The van der Waals surface area contributed by atoms with E-state index in [0.717, 1.165) is 11.1 Å². The molecular weight excluding hydrogens is 440 g/mol. The number of hydrogen-bond acceptors (Lipinski definition) is 4. The highest BCUT2D eigenvalue weighted by atomic mass is 35.5. The standard InChI is InChI=1S/C25H19ClN4O3/c26-19-13-10-17(11-14-19)12-15-22(31)27-28-24(32)23-20-8-4-5-9-21(20)25(33)30(29-23)16-18-6-2-1-3-7-18/h1-15H,16H2,(H,27,31)(H,28,32)/b15-12+. The molecule has 0 saturated heterocycles. The van der Waals surface area contributed by atoms with Crippen LogP contribution in [0.1, 0.15) is 21.6 Å². The van der Waals surface area contributed by atoms with Crippen LogP contribution in [0.3, 0.4) is 0 Å². The highest BCUT2D eigenvalue weighted by Gasteiger charge is 2.17. The van der Waals surface area contributed by atoms with Gasteiger partial charge in [0, 0.05) is 16.5 Å². The summed E-state index contributed by atoms with van der Waals surface area (Å²) in [4.78, 5) is 37.9. The number of carbonyl (C=O) groups excluding carboxylic acids is 2. The smallest absolute Gasteiger partial charge is 0.268 e. The first-order chi connectivity index (χ1) is 16.0. The summed E-state index contributed by atoms with van der Waals surface area (Å²) in [5.41, 5.74) is 6.07. The Morgan fingerprint density at radius 3 is 2.27 bits per heavy atom. The SMILES string of the molecule is O=C(/C=C/c1ccc(Cl)cc1)NNC(=O)c1nn(Cc2ccccc2)c(=O)c2ccccc12. The fourth-order valence-electron chi connectivity index (χ4n) is 3.23. The Morgan fingerprint density at radius 2 is 1.55 bits per heavy atom. The van der Waals surface area contributed by atoms with Crippen LogP contribution >= 0.6 is 11.6 Å². The third-order valence-electron chi connectivity index (χ3n) is 4.85. The fourth-order valence-corrected chi connectivity index (χ4v) is 3.36. The minimum Gasteiger partial charge on any atom is -0.268 e. The van der Waals surface area contributed by atoms with Gasteiger partial charge >= 0.3 is 0 Å². The first-order valence-electron chi connectivity index (χ1n) is 10.1. The number of nitrogens with zero attached hydrogens (tertiary/aromatic N) is 2. The van der Waals surface area contributed by atoms with Gasteiger partial charge in [0.15, 0.2) is 5.69 Å². The summed E-state index contributed by atoms with van der Waals surface area (Å²) in [5.74, 6) is -1.17. The Hall–Kier alpha value is -4.23. The number of halogens is 1. The van der Waals surface area contributed by atoms with E-state index in [4.69, 9.17) is 11.6 Å². The van der Waals surface area contributed by atoms with Crippen molar-refractivity contribution in [2.24, 2.45) is 0 Å².